The summed E-state index contributed by atoms with van der Waals surface area (Å²) in [7, 11) is 0. The third-order valence-electron chi connectivity index (χ3n) is 21.8. The molecule has 0 N–H and O–H groups in total. The summed E-state index contributed by atoms with van der Waals surface area (Å²) in [4.78, 5) is 5.39. The number of para-hydroxylation sites is 2. The molecule has 0 saturated carbocycles. The van der Waals surface area contributed by atoms with E-state index < -0.39 is 0 Å². The summed E-state index contributed by atoms with van der Waals surface area (Å²) in [5.41, 5.74) is 30.3. The van der Waals surface area contributed by atoms with Gasteiger partial charge in [0, 0.05) is 61.5 Å². The number of nitrogens with zero attached hydrogens (tertiary/aromatic N) is 3. The Balaban J connectivity index is 0.967. The highest BCUT2D eigenvalue weighted by molar-refractivity contribution is 7.00. The zero-order chi connectivity index (χ0) is 68.5. The lowest BCUT2D eigenvalue weighted by Gasteiger charge is -2.46. The van der Waals surface area contributed by atoms with E-state index in [1.807, 2.05) is 0 Å². The Bertz CT molecular complexity index is 5980. The first-order chi connectivity index (χ1) is 49.9. The lowest BCUT2D eigenvalue weighted by atomic mass is 9.33. The van der Waals surface area contributed by atoms with Crippen molar-refractivity contribution in [3.63, 3.8) is 0 Å². The Hall–Kier alpha value is -12.2. The molecule has 0 aliphatic carbocycles. The van der Waals surface area contributed by atoms with E-state index in [1.54, 1.807) is 0 Å². The van der Waals surface area contributed by atoms with Gasteiger partial charge in [-0.1, -0.05) is 315 Å². The van der Waals surface area contributed by atoms with Crippen molar-refractivity contribution >= 4 is 111 Å². The van der Waals surface area contributed by atoms with Gasteiger partial charge in [-0.2, -0.15) is 0 Å². The Morgan fingerprint density at radius 2 is 0.618 bits per heavy atom. The normalized spacial score (nSPS) is 12.7. The summed E-state index contributed by atoms with van der Waals surface area (Å²) in [6.45, 7) is 13.9. The highest BCUT2D eigenvalue weighted by Gasteiger charge is 2.46. The predicted molar refractivity (Wildman–Crippen MR) is 437 cm³/mol. The number of hydrogen-bond donors (Lipinski definition) is 0. The van der Waals surface area contributed by atoms with Gasteiger partial charge in [-0.05, 0) is 182 Å². The van der Waals surface area contributed by atoms with Crippen LogP contribution in [-0.4, -0.2) is 11.3 Å². The second-order valence-corrected chi connectivity index (χ2v) is 29.9. The van der Waals surface area contributed by atoms with Crippen LogP contribution >= 0.6 is 0 Å². The first-order valence-corrected chi connectivity index (χ1v) is 35.9. The molecule has 0 spiro atoms. The summed E-state index contributed by atoms with van der Waals surface area (Å²) in [5.74, 6) is 0. The maximum absolute atomic E-state index is 2.70. The summed E-state index contributed by atoms with van der Waals surface area (Å²) < 4.78 is 2.49. The minimum Gasteiger partial charge on any atom is -0.310 e. The molecular formula is C98H74BN3. The molecule has 0 atom stereocenters. The van der Waals surface area contributed by atoms with Crippen molar-refractivity contribution in [1.29, 1.82) is 0 Å². The predicted octanol–water partition coefficient (Wildman–Crippen LogP) is 24.9. The third kappa shape index (κ3) is 9.72. The minimum absolute atomic E-state index is 0.179. The van der Waals surface area contributed by atoms with Crippen LogP contribution < -0.4 is 26.2 Å². The molecule has 16 aromatic carbocycles. The molecule has 0 saturated heterocycles. The van der Waals surface area contributed by atoms with Gasteiger partial charge in [0.25, 0.3) is 6.71 Å². The molecule has 484 valence electrons. The fourth-order valence-electron chi connectivity index (χ4n) is 17.0. The maximum atomic E-state index is 2.70. The summed E-state index contributed by atoms with van der Waals surface area (Å²) >= 11 is 0. The van der Waals surface area contributed by atoms with Crippen LogP contribution in [0.15, 0.2) is 340 Å². The molecule has 102 heavy (non-hydrogen) atoms. The van der Waals surface area contributed by atoms with E-state index in [0.29, 0.717) is 0 Å². The molecule has 1 aromatic heterocycles. The first-order valence-electron chi connectivity index (χ1n) is 35.9. The van der Waals surface area contributed by atoms with Crippen LogP contribution in [0.4, 0.5) is 34.1 Å². The summed E-state index contributed by atoms with van der Waals surface area (Å²) in [6, 6.07) is 129. The number of anilines is 6. The van der Waals surface area contributed by atoms with E-state index in [4.69, 9.17) is 0 Å². The molecule has 2 aliphatic heterocycles. The van der Waals surface area contributed by atoms with Crippen molar-refractivity contribution in [2.75, 3.05) is 9.80 Å². The molecule has 4 heteroatoms. The smallest absolute Gasteiger partial charge is 0.252 e. The fourth-order valence-corrected chi connectivity index (χ4v) is 17.0. The number of aromatic nitrogens is 1. The van der Waals surface area contributed by atoms with Gasteiger partial charge in [0.05, 0.1) is 22.4 Å². The van der Waals surface area contributed by atoms with Crippen LogP contribution in [0.2, 0.25) is 0 Å². The van der Waals surface area contributed by atoms with Crippen molar-refractivity contribution in [3.8, 4) is 72.4 Å². The van der Waals surface area contributed by atoms with E-state index in [0.717, 1.165) is 67.6 Å². The van der Waals surface area contributed by atoms with Gasteiger partial charge in [0.2, 0.25) is 0 Å². The number of fused-ring (bicyclic) bond motifs is 10. The Morgan fingerprint density at radius 1 is 0.255 bits per heavy atom. The zero-order valence-corrected chi connectivity index (χ0v) is 58.3. The van der Waals surface area contributed by atoms with Crippen LogP contribution in [0.25, 0.3) is 127 Å². The average molecular weight is 1300 g/mol. The highest BCUT2D eigenvalue weighted by Crippen LogP contribution is 2.56. The lowest BCUT2D eigenvalue weighted by Crippen LogP contribution is -2.61. The van der Waals surface area contributed by atoms with Crippen molar-refractivity contribution in [2.24, 2.45) is 0 Å². The van der Waals surface area contributed by atoms with Crippen LogP contribution in [-0.2, 0) is 10.8 Å². The molecular weight excluding hydrogens is 1230 g/mol. The van der Waals surface area contributed by atoms with Crippen molar-refractivity contribution < 1.29 is 0 Å². The molecule has 0 fully saturated rings. The van der Waals surface area contributed by atoms with Gasteiger partial charge in [-0.25, -0.2) is 0 Å². The Kier molecular flexibility index (Phi) is 14.2. The average Bonchev–Trinajstić information content (AvgIpc) is 0.699. The molecule has 0 unspecified atom stereocenters. The first kappa shape index (κ1) is 60.9. The van der Waals surface area contributed by atoms with Crippen LogP contribution in [0, 0.1) is 0 Å². The maximum Gasteiger partial charge on any atom is 0.252 e. The molecule has 3 nitrogen and oxygen atoms in total. The van der Waals surface area contributed by atoms with Crippen LogP contribution in [0.5, 0.6) is 0 Å². The van der Waals surface area contributed by atoms with Crippen LogP contribution in [0.3, 0.4) is 0 Å². The standard InChI is InChI=1S/C98H74BN3/c1-97(2,3)69-58-80(64-31-11-7-12-32-64)95(81(59-69)65-33-13-8-14-34-65)101-88-51-30-52-89-94(88)99(84-55-53-68(57-90(84)101)92-76-44-21-23-46-78(76)93(79-47-24-22-45-77(79)92)75-48-29-40-63-39-19-20-41-72(63)75)85-56-54-71(100-86-49-27-25-42-73(86)74-43-26-28-50-87(74)100)62-91(85)102(89)96-82(66-35-15-9-16-36-66)60-70(98(4,5)6)61-83(96)67-37-17-10-18-38-67/h7-62H,1-6H3. The van der Waals surface area contributed by atoms with E-state index in [2.05, 4.69) is 396 Å². The highest BCUT2D eigenvalue weighted by atomic mass is 15.2. The van der Waals surface area contributed by atoms with Gasteiger partial charge in [-0.15, -0.1) is 0 Å². The minimum atomic E-state index is -0.222. The van der Waals surface area contributed by atoms with Gasteiger partial charge in [0.1, 0.15) is 0 Å². The zero-order valence-electron chi connectivity index (χ0n) is 58.3. The molecule has 0 amide bonds. The van der Waals surface area contributed by atoms with Crippen molar-refractivity contribution in [1.82, 2.24) is 4.57 Å². The fraction of sp³-hybridized carbons (Fsp3) is 0.0816. The molecule has 17 aromatic rings. The third-order valence-corrected chi connectivity index (χ3v) is 21.8. The quantitative estimate of drug-likeness (QED) is 0.105. The summed E-state index contributed by atoms with van der Waals surface area (Å²) in [6.07, 6.45) is 0. The Morgan fingerprint density at radius 3 is 1.07 bits per heavy atom. The Labute approximate surface area is 597 Å². The second-order valence-electron chi connectivity index (χ2n) is 29.9. The molecule has 0 bridgehead atoms. The monoisotopic (exact) mass is 1300 g/mol. The molecule has 2 aliphatic rings. The van der Waals surface area contributed by atoms with Crippen LogP contribution in [0.1, 0.15) is 52.7 Å². The number of rotatable bonds is 9. The van der Waals surface area contributed by atoms with Crippen molar-refractivity contribution in [3.05, 3.63) is 351 Å². The largest absolute Gasteiger partial charge is 0.310 e. The van der Waals surface area contributed by atoms with Gasteiger partial charge in [-0.3, -0.25) is 0 Å². The molecule has 3 heterocycles. The SMILES string of the molecule is CC(C)(C)c1cc(-c2ccccc2)c(N2c3cc(-c4c5ccccc5c(-c5cccc6ccccc56)c5ccccc45)ccc3B3c4ccc(-n5c6ccccc6c6ccccc65)cc4N(c4c(-c5ccccc5)cc(C(C)(C)C)cc4-c4ccccc4)c4cccc2c43)c(-c2ccccc2)c1. The molecule has 19 rings (SSSR count). The van der Waals surface area contributed by atoms with E-state index in [9.17, 15) is 0 Å². The van der Waals surface area contributed by atoms with Gasteiger partial charge in [0.15, 0.2) is 0 Å². The topological polar surface area (TPSA) is 11.4 Å². The van der Waals surface area contributed by atoms with E-state index in [-0.39, 0.29) is 17.5 Å². The van der Waals surface area contributed by atoms with Gasteiger partial charge < -0.3 is 14.4 Å². The van der Waals surface area contributed by atoms with Gasteiger partial charge >= 0.3 is 0 Å². The van der Waals surface area contributed by atoms with Crippen molar-refractivity contribution in [2.45, 2.75) is 52.4 Å². The lowest BCUT2D eigenvalue weighted by molar-refractivity contribution is 0.590. The number of benzene rings is 16. The second kappa shape index (κ2) is 23.7. The molecule has 0 radical (unpaired) electrons. The summed E-state index contributed by atoms with van der Waals surface area (Å²) in [5, 5.41) is 9.81. The van der Waals surface area contributed by atoms with E-state index >= 15 is 0 Å². The number of hydrogen-bond acceptors (Lipinski definition) is 2. The van der Waals surface area contributed by atoms with E-state index in [1.165, 1.54) is 121 Å².